The maximum Gasteiger partial charge on any atom is 0.0950 e. The van der Waals surface area contributed by atoms with Gasteiger partial charge in [-0.25, -0.2) is 9.97 Å². The van der Waals surface area contributed by atoms with Gasteiger partial charge in [-0.2, -0.15) is 0 Å². The van der Waals surface area contributed by atoms with Crippen molar-refractivity contribution in [1.82, 2.24) is 19.9 Å². The van der Waals surface area contributed by atoms with Crippen LogP contribution in [0.4, 0.5) is 0 Å². The fraction of sp³-hybridized carbons (Fsp3) is 0.455. The van der Waals surface area contributed by atoms with E-state index in [9.17, 15) is 0 Å². The van der Waals surface area contributed by atoms with Crippen LogP contribution in [0.5, 0.6) is 0 Å². The average Bonchev–Trinajstić information content (AvgIpc) is 2.96. The van der Waals surface area contributed by atoms with Crippen LogP contribution in [0.1, 0.15) is 11.4 Å². The molecule has 0 saturated heterocycles. The maximum atomic E-state index is 5.48. The summed E-state index contributed by atoms with van der Waals surface area (Å²) in [6.07, 6.45) is 4.82. The van der Waals surface area contributed by atoms with Crippen molar-refractivity contribution < 1.29 is 0 Å². The van der Waals surface area contributed by atoms with Crippen LogP contribution in [-0.2, 0) is 19.5 Å². The van der Waals surface area contributed by atoms with Gasteiger partial charge in [0.05, 0.1) is 23.2 Å². The van der Waals surface area contributed by atoms with Crippen LogP contribution < -0.4 is 11.1 Å². The highest BCUT2D eigenvalue weighted by molar-refractivity contribution is 7.07. The van der Waals surface area contributed by atoms with Crippen LogP contribution in [0.15, 0.2) is 23.4 Å². The molecule has 0 amide bonds. The Kier molecular flexibility index (Phi) is 4.66. The second-order valence-corrected chi connectivity index (χ2v) is 4.52. The largest absolute Gasteiger partial charge is 0.336 e. The monoisotopic (exact) mass is 251 g/mol. The van der Waals surface area contributed by atoms with Crippen molar-refractivity contribution in [2.45, 2.75) is 19.5 Å². The van der Waals surface area contributed by atoms with Gasteiger partial charge in [0.15, 0.2) is 0 Å². The first-order chi connectivity index (χ1) is 8.38. The molecule has 0 radical (unpaired) electrons. The quantitative estimate of drug-likeness (QED) is 0.708. The van der Waals surface area contributed by atoms with Gasteiger partial charge in [0.1, 0.15) is 0 Å². The Hall–Kier alpha value is -1.24. The van der Waals surface area contributed by atoms with E-state index >= 15 is 0 Å². The first kappa shape index (κ1) is 12.2. The van der Waals surface area contributed by atoms with Crippen LogP contribution >= 0.6 is 11.3 Å². The van der Waals surface area contributed by atoms with Gasteiger partial charge in [-0.05, 0) is 0 Å². The molecule has 0 unspecified atom stereocenters. The molecule has 0 bridgehead atoms. The van der Waals surface area contributed by atoms with Crippen LogP contribution in [0, 0.1) is 0 Å². The molecule has 92 valence electrons. The third-order valence-corrected chi connectivity index (χ3v) is 3.06. The van der Waals surface area contributed by atoms with E-state index in [4.69, 9.17) is 5.73 Å². The summed E-state index contributed by atoms with van der Waals surface area (Å²) in [5.41, 5.74) is 9.54. The van der Waals surface area contributed by atoms with E-state index in [1.165, 1.54) is 0 Å². The van der Waals surface area contributed by atoms with E-state index < -0.39 is 0 Å². The molecule has 0 saturated carbocycles. The van der Waals surface area contributed by atoms with E-state index in [2.05, 4.69) is 20.7 Å². The number of nitrogens with two attached hydrogens (primary N) is 1. The molecule has 0 spiro atoms. The Balaban J connectivity index is 1.67. The van der Waals surface area contributed by atoms with Crippen molar-refractivity contribution in [1.29, 1.82) is 0 Å². The van der Waals surface area contributed by atoms with Crippen molar-refractivity contribution in [3.05, 3.63) is 34.8 Å². The molecule has 5 nitrogen and oxygen atoms in total. The third-order valence-electron chi connectivity index (χ3n) is 2.42. The minimum atomic E-state index is 0.646. The molecule has 2 heterocycles. The van der Waals surface area contributed by atoms with Crippen molar-refractivity contribution in [2.24, 2.45) is 5.73 Å². The molecular weight excluding hydrogens is 234 g/mol. The highest BCUT2D eigenvalue weighted by atomic mass is 32.1. The lowest BCUT2D eigenvalue weighted by molar-refractivity contribution is 0.669. The summed E-state index contributed by atoms with van der Waals surface area (Å²) in [5, 5.41) is 5.43. The molecule has 17 heavy (non-hydrogen) atoms. The minimum Gasteiger partial charge on any atom is -0.336 e. The summed E-state index contributed by atoms with van der Waals surface area (Å²) in [6, 6.07) is 0. The number of hydrogen-bond acceptors (Lipinski definition) is 5. The summed E-state index contributed by atoms with van der Waals surface area (Å²) in [6.45, 7) is 3.19. The van der Waals surface area contributed by atoms with E-state index in [0.29, 0.717) is 6.54 Å². The van der Waals surface area contributed by atoms with Gasteiger partial charge < -0.3 is 15.6 Å². The van der Waals surface area contributed by atoms with E-state index in [-0.39, 0.29) is 0 Å². The Bertz CT molecular complexity index is 423. The van der Waals surface area contributed by atoms with Gasteiger partial charge in [0.25, 0.3) is 0 Å². The second kappa shape index (κ2) is 6.48. The summed E-state index contributed by atoms with van der Waals surface area (Å²) in [5.74, 6) is 0. The maximum absolute atomic E-state index is 5.48. The average molecular weight is 251 g/mol. The van der Waals surface area contributed by atoms with Gasteiger partial charge in [0, 0.05) is 44.2 Å². The molecule has 0 aliphatic rings. The van der Waals surface area contributed by atoms with Gasteiger partial charge in [-0.3, -0.25) is 0 Å². The van der Waals surface area contributed by atoms with Crippen LogP contribution in [0.3, 0.4) is 0 Å². The lowest BCUT2D eigenvalue weighted by Crippen LogP contribution is -2.17. The molecule has 3 N–H and O–H groups in total. The summed E-state index contributed by atoms with van der Waals surface area (Å²) >= 11 is 1.64. The van der Waals surface area contributed by atoms with Crippen molar-refractivity contribution in [2.75, 3.05) is 13.1 Å². The van der Waals surface area contributed by atoms with Crippen molar-refractivity contribution >= 4 is 11.3 Å². The molecule has 2 aromatic rings. The van der Waals surface area contributed by atoms with Crippen molar-refractivity contribution in [3.8, 4) is 0 Å². The predicted molar refractivity (Wildman–Crippen MR) is 68.8 cm³/mol. The summed E-state index contributed by atoms with van der Waals surface area (Å²) < 4.78 is 2.01. The van der Waals surface area contributed by atoms with Gasteiger partial charge in [0.2, 0.25) is 0 Å². The molecule has 0 fully saturated rings. The summed E-state index contributed by atoms with van der Waals surface area (Å²) in [7, 11) is 0. The number of imidazole rings is 1. The highest BCUT2D eigenvalue weighted by Crippen LogP contribution is 2.01. The van der Waals surface area contributed by atoms with Crippen LogP contribution in [-0.4, -0.2) is 27.6 Å². The number of aromatic nitrogens is 3. The topological polar surface area (TPSA) is 68.8 Å². The Morgan fingerprint density at radius 3 is 3.06 bits per heavy atom. The molecule has 0 aliphatic heterocycles. The fourth-order valence-electron chi connectivity index (χ4n) is 1.56. The molecule has 6 heteroatoms. The number of nitrogens with one attached hydrogen (secondary N) is 1. The number of hydrogen-bond donors (Lipinski definition) is 2. The van der Waals surface area contributed by atoms with E-state index in [1.54, 1.807) is 11.3 Å². The Morgan fingerprint density at radius 1 is 1.35 bits per heavy atom. The summed E-state index contributed by atoms with van der Waals surface area (Å²) in [4.78, 5) is 8.53. The first-order valence-corrected chi connectivity index (χ1v) is 6.61. The van der Waals surface area contributed by atoms with E-state index in [1.807, 2.05) is 22.6 Å². The smallest absolute Gasteiger partial charge is 0.0950 e. The molecule has 0 aromatic carbocycles. The van der Waals surface area contributed by atoms with Crippen LogP contribution in [0.2, 0.25) is 0 Å². The third kappa shape index (κ3) is 3.92. The van der Waals surface area contributed by atoms with Gasteiger partial charge in [-0.1, -0.05) is 0 Å². The van der Waals surface area contributed by atoms with Gasteiger partial charge in [-0.15, -0.1) is 11.3 Å². The van der Waals surface area contributed by atoms with Crippen molar-refractivity contribution in [3.63, 3.8) is 0 Å². The fourth-order valence-corrected chi connectivity index (χ4v) is 2.16. The van der Waals surface area contributed by atoms with Crippen LogP contribution in [0.25, 0.3) is 0 Å². The first-order valence-electron chi connectivity index (χ1n) is 5.67. The molecule has 0 aliphatic carbocycles. The number of thiazole rings is 1. The zero-order chi connectivity index (χ0) is 11.9. The number of nitrogens with zero attached hydrogens (tertiary/aromatic N) is 3. The van der Waals surface area contributed by atoms with Gasteiger partial charge >= 0.3 is 0 Å². The second-order valence-electron chi connectivity index (χ2n) is 3.80. The molecule has 0 atom stereocenters. The highest BCUT2D eigenvalue weighted by Gasteiger charge is 1.98. The number of rotatable bonds is 7. The normalized spacial score (nSPS) is 10.9. The Labute approximate surface area is 105 Å². The molecule has 2 aromatic heterocycles. The predicted octanol–water partition coefficient (Wildman–Crippen LogP) is 0.631. The SMILES string of the molecule is NCCn1cnc(CNCCc2cscn2)c1. The Morgan fingerprint density at radius 2 is 2.29 bits per heavy atom. The van der Waals surface area contributed by atoms with E-state index in [0.717, 1.165) is 37.4 Å². The zero-order valence-corrected chi connectivity index (χ0v) is 10.5. The minimum absolute atomic E-state index is 0.646. The molecular formula is C11H17N5S. The molecule has 2 rings (SSSR count). The lowest BCUT2D eigenvalue weighted by atomic mass is 10.3. The zero-order valence-electron chi connectivity index (χ0n) is 9.67. The standard InChI is InChI=1S/C11H17N5S/c12-2-4-16-6-11(14-8-16)5-13-3-1-10-7-17-9-15-10/h6-9,13H,1-5,12H2. The lowest BCUT2D eigenvalue weighted by Gasteiger charge is -2.00.